The molecule has 2 aliphatic heterocycles. The van der Waals surface area contributed by atoms with Crippen molar-refractivity contribution in [2.24, 2.45) is 0 Å². The molecule has 1 N–H and O–H groups in total. The molecule has 0 radical (unpaired) electrons. The SMILES string of the molecule is O=C1CCCCCCCC/C=C\c2ccc(cc2)N1. The van der Waals surface area contributed by atoms with Gasteiger partial charge in [0.2, 0.25) is 5.91 Å². The van der Waals surface area contributed by atoms with Crippen LogP contribution in [0.5, 0.6) is 0 Å². The zero-order chi connectivity index (χ0) is 13.3. The summed E-state index contributed by atoms with van der Waals surface area (Å²) in [6.45, 7) is 0. The number of hydrogen-bond acceptors (Lipinski definition) is 1. The highest BCUT2D eigenvalue weighted by Crippen LogP contribution is 2.14. The van der Waals surface area contributed by atoms with Crippen LogP contribution in [0.25, 0.3) is 6.08 Å². The first-order valence-electron chi connectivity index (χ1n) is 7.41. The number of carbonyl (C=O) groups is 1. The average Bonchev–Trinajstić information content (AvgIpc) is 2.41. The molecule has 0 fully saturated rings. The molecule has 2 bridgehead atoms. The Morgan fingerprint density at radius 2 is 1.53 bits per heavy atom. The summed E-state index contributed by atoms with van der Waals surface area (Å²) in [5, 5.41) is 2.95. The van der Waals surface area contributed by atoms with Crippen molar-refractivity contribution in [1.29, 1.82) is 0 Å². The first-order valence-corrected chi connectivity index (χ1v) is 7.41. The Bertz CT molecular complexity index is 419. The molecule has 3 rings (SSSR count). The summed E-state index contributed by atoms with van der Waals surface area (Å²) >= 11 is 0. The minimum Gasteiger partial charge on any atom is -0.326 e. The molecule has 0 aromatic heterocycles. The second kappa shape index (κ2) is 7.78. The van der Waals surface area contributed by atoms with Crippen LogP contribution < -0.4 is 5.32 Å². The zero-order valence-corrected chi connectivity index (χ0v) is 11.5. The molecule has 2 heteroatoms. The van der Waals surface area contributed by atoms with Crippen molar-refractivity contribution >= 4 is 17.7 Å². The Balaban J connectivity index is 2.00. The lowest BCUT2D eigenvalue weighted by Gasteiger charge is -2.06. The van der Waals surface area contributed by atoms with E-state index in [1.165, 1.54) is 44.1 Å². The summed E-state index contributed by atoms with van der Waals surface area (Å²) in [6.07, 6.45) is 13.5. The van der Waals surface area contributed by atoms with Gasteiger partial charge in [0, 0.05) is 12.1 Å². The molecule has 0 aliphatic carbocycles. The average molecular weight is 257 g/mol. The second-order valence-electron chi connectivity index (χ2n) is 5.23. The molecule has 1 aromatic rings. The lowest BCUT2D eigenvalue weighted by molar-refractivity contribution is -0.116. The van der Waals surface area contributed by atoms with Crippen LogP contribution in [0.1, 0.15) is 56.9 Å². The first-order chi connectivity index (χ1) is 9.34. The van der Waals surface area contributed by atoms with Gasteiger partial charge in [0.05, 0.1) is 0 Å². The summed E-state index contributed by atoms with van der Waals surface area (Å²) in [5.74, 6) is 0.135. The van der Waals surface area contributed by atoms with E-state index in [2.05, 4.69) is 29.6 Å². The number of allylic oxidation sites excluding steroid dienone is 1. The Morgan fingerprint density at radius 1 is 0.842 bits per heavy atom. The van der Waals surface area contributed by atoms with Gasteiger partial charge in [-0.1, -0.05) is 50.0 Å². The van der Waals surface area contributed by atoms with Gasteiger partial charge in [0.1, 0.15) is 0 Å². The van der Waals surface area contributed by atoms with Crippen LogP contribution in [0, 0.1) is 0 Å². The zero-order valence-electron chi connectivity index (χ0n) is 11.5. The van der Waals surface area contributed by atoms with Crippen LogP contribution in [-0.2, 0) is 4.79 Å². The normalized spacial score (nSPS) is 19.9. The highest BCUT2D eigenvalue weighted by Gasteiger charge is 2.02. The molecule has 0 saturated carbocycles. The van der Waals surface area contributed by atoms with E-state index in [0.717, 1.165) is 12.1 Å². The van der Waals surface area contributed by atoms with E-state index >= 15 is 0 Å². The number of anilines is 1. The highest BCUT2D eigenvalue weighted by molar-refractivity contribution is 5.90. The lowest BCUT2D eigenvalue weighted by atomic mass is 10.1. The van der Waals surface area contributed by atoms with Crippen molar-refractivity contribution in [2.45, 2.75) is 51.4 Å². The van der Waals surface area contributed by atoms with E-state index in [1.807, 2.05) is 12.1 Å². The Morgan fingerprint density at radius 3 is 2.32 bits per heavy atom. The predicted molar refractivity (Wildman–Crippen MR) is 81.0 cm³/mol. The van der Waals surface area contributed by atoms with Crippen LogP contribution in [0.2, 0.25) is 0 Å². The largest absolute Gasteiger partial charge is 0.326 e. The van der Waals surface area contributed by atoms with E-state index in [-0.39, 0.29) is 5.91 Å². The molecule has 0 atom stereocenters. The third-order valence-electron chi connectivity index (χ3n) is 3.53. The van der Waals surface area contributed by atoms with E-state index < -0.39 is 0 Å². The molecular formula is C17H23NO. The fourth-order valence-electron chi connectivity index (χ4n) is 2.38. The van der Waals surface area contributed by atoms with Gasteiger partial charge in [-0.15, -0.1) is 0 Å². The minimum atomic E-state index is 0.135. The third kappa shape index (κ3) is 5.29. The molecule has 2 nitrogen and oxygen atoms in total. The van der Waals surface area contributed by atoms with Gasteiger partial charge < -0.3 is 5.32 Å². The molecular weight excluding hydrogens is 234 g/mol. The molecule has 102 valence electrons. The van der Waals surface area contributed by atoms with Gasteiger partial charge in [-0.05, 0) is 37.0 Å². The monoisotopic (exact) mass is 257 g/mol. The summed E-state index contributed by atoms with van der Waals surface area (Å²) in [5.41, 5.74) is 2.10. The van der Waals surface area contributed by atoms with Crippen molar-refractivity contribution in [3.05, 3.63) is 35.9 Å². The topological polar surface area (TPSA) is 29.1 Å². The van der Waals surface area contributed by atoms with Gasteiger partial charge in [-0.25, -0.2) is 0 Å². The predicted octanol–water partition coefficient (Wildman–Crippen LogP) is 4.77. The van der Waals surface area contributed by atoms with E-state index in [4.69, 9.17) is 0 Å². The maximum absolute atomic E-state index is 11.7. The van der Waals surface area contributed by atoms with E-state index in [0.29, 0.717) is 6.42 Å². The van der Waals surface area contributed by atoms with Crippen LogP contribution in [0.4, 0.5) is 5.69 Å². The van der Waals surface area contributed by atoms with Crippen LogP contribution >= 0.6 is 0 Å². The molecule has 0 spiro atoms. The highest BCUT2D eigenvalue weighted by atomic mass is 16.1. The van der Waals surface area contributed by atoms with Gasteiger partial charge in [0.15, 0.2) is 0 Å². The molecule has 0 unspecified atom stereocenters. The van der Waals surface area contributed by atoms with Gasteiger partial charge in [0.25, 0.3) is 0 Å². The fraction of sp³-hybridized carbons (Fsp3) is 0.471. The first kappa shape index (κ1) is 13.9. The Labute approximate surface area is 115 Å². The summed E-state index contributed by atoms with van der Waals surface area (Å²) in [7, 11) is 0. The molecule has 0 saturated heterocycles. The maximum atomic E-state index is 11.7. The maximum Gasteiger partial charge on any atom is 0.224 e. The number of nitrogens with one attached hydrogen (secondary N) is 1. The fourth-order valence-corrected chi connectivity index (χ4v) is 2.38. The molecule has 1 aromatic carbocycles. The van der Waals surface area contributed by atoms with Gasteiger partial charge in [-0.2, -0.15) is 0 Å². The van der Waals surface area contributed by atoms with Gasteiger partial charge >= 0.3 is 0 Å². The third-order valence-corrected chi connectivity index (χ3v) is 3.53. The lowest BCUT2D eigenvalue weighted by Crippen LogP contribution is -2.10. The Hall–Kier alpha value is -1.57. The van der Waals surface area contributed by atoms with Crippen molar-refractivity contribution in [3.8, 4) is 0 Å². The van der Waals surface area contributed by atoms with Gasteiger partial charge in [-0.3, -0.25) is 4.79 Å². The number of rotatable bonds is 0. The molecule has 2 aliphatic rings. The van der Waals surface area contributed by atoms with Crippen molar-refractivity contribution < 1.29 is 4.79 Å². The quantitative estimate of drug-likeness (QED) is 0.712. The van der Waals surface area contributed by atoms with Crippen molar-refractivity contribution in [3.63, 3.8) is 0 Å². The number of carbonyl (C=O) groups excluding carboxylic acids is 1. The summed E-state index contributed by atoms with van der Waals surface area (Å²) < 4.78 is 0. The van der Waals surface area contributed by atoms with Crippen molar-refractivity contribution in [1.82, 2.24) is 0 Å². The summed E-state index contributed by atoms with van der Waals surface area (Å²) in [6, 6.07) is 8.06. The van der Waals surface area contributed by atoms with E-state index in [9.17, 15) is 4.79 Å². The molecule has 2 heterocycles. The van der Waals surface area contributed by atoms with E-state index in [1.54, 1.807) is 0 Å². The molecule has 1 amide bonds. The minimum absolute atomic E-state index is 0.135. The standard InChI is InChI=1S/C17H23NO/c19-17-10-8-6-4-2-1-3-5-7-9-15-11-13-16(18-17)14-12-15/h7,9,11-14H,1-6,8,10H2,(H,18,19)/b9-7-. The van der Waals surface area contributed by atoms with Crippen molar-refractivity contribution in [2.75, 3.05) is 5.32 Å². The second-order valence-corrected chi connectivity index (χ2v) is 5.23. The number of fused-ring (bicyclic) bond motifs is 12. The smallest absolute Gasteiger partial charge is 0.224 e. The summed E-state index contributed by atoms with van der Waals surface area (Å²) in [4.78, 5) is 11.7. The number of benzene rings is 1. The van der Waals surface area contributed by atoms with Crippen LogP contribution in [0.3, 0.4) is 0 Å². The van der Waals surface area contributed by atoms with Crippen LogP contribution in [-0.4, -0.2) is 5.91 Å². The Kier molecular flexibility index (Phi) is 5.67. The molecule has 19 heavy (non-hydrogen) atoms. The van der Waals surface area contributed by atoms with Crippen LogP contribution in [0.15, 0.2) is 30.3 Å². The number of amides is 1. The number of hydrogen-bond donors (Lipinski definition) is 1.